The fraction of sp³-hybridized carbons (Fsp3) is 0.417. The number of carbonyl (C=O) groups excluding carboxylic acids is 1. The molecule has 0 bridgehead atoms. The van der Waals surface area contributed by atoms with Gasteiger partial charge in [-0.15, -0.1) is 10.2 Å². The Labute approximate surface area is 200 Å². The van der Waals surface area contributed by atoms with E-state index in [0.717, 1.165) is 48.8 Å². The lowest BCUT2D eigenvalue weighted by molar-refractivity contribution is -0.139. The van der Waals surface area contributed by atoms with Crippen LogP contribution in [0.3, 0.4) is 0 Å². The highest BCUT2D eigenvalue weighted by atomic mass is 35.5. The molecule has 0 atom stereocenters. The van der Waals surface area contributed by atoms with Crippen molar-refractivity contribution < 1.29 is 13.6 Å². The van der Waals surface area contributed by atoms with Gasteiger partial charge in [0, 0.05) is 30.6 Å². The van der Waals surface area contributed by atoms with Crippen molar-refractivity contribution in [2.24, 2.45) is 0 Å². The monoisotopic (exact) mass is 484 g/mol. The zero-order valence-electron chi connectivity index (χ0n) is 18.4. The van der Waals surface area contributed by atoms with Gasteiger partial charge in [-0.1, -0.05) is 11.6 Å². The van der Waals surface area contributed by atoms with Crippen LogP contribution >= 0.6 is 11.6 Å². The van der Waals surface area contributed by atoms with Gasteiger partial charge in [0.2, 0.25) is 0 Å². The van der Waals surface area contributed by atoms with Crippen LogP contribution in [0.5, 0.6) is 0 Å². The highest BCUT2D eigenvalue weighted by Gasteiger charge is 2.53. The minimum atomic E-state index is -1.75. The number of hydrogen-bond donors (Lipinski definition) is 0. The van der Waals surface area contributed by atoms with E-state index in [0.29, 0.717) is 10.8 Å². The fourth-order valence-electron chi connectivity index (χ4n) is 4.96. The Hall–Kier alpha value is -3.07. The zero-order valence-corrected chi connectivity index (χ0v) is 19.2. The van der Waals surface area contributed by atoms with E-state index in [9.17, 15) is 13.6 Å². The van der Waals surface area contributed by atoms with E-state index in [-0.39, 0.29) is 37.7 Å². The number of nitrogens with zero attached hydrogens (tertiary/aromatic N) is 6. The number of anilines is 1. The average molecular weight is 485 g/mol. The highest BCUT2D eigenvalue weighted by molar-refractivity contribution is 6.30. The normalized spacial score (nSPS) is 19.4. The van der Waals surface area contributed by atoms with Crippen LogP contribution in [0.15, 0.2) is 36.5 Å². The zero-order chi connectivity index (χ0) is 23.4. The van der Waals surface area contributed by atoms with E-state index in [1.165, 1.54) is 17.2 Å². The molecule has 34 heavy (non-hydrogen) atoms. The molecular formula is C24H23ClF2N6O. The topological polar surface area (TPSA) is 67.2 Å². The Morgan fingerprint density at radius 3 is 2.59 bits per heavy atom. The van der Waals surface area contributed by atoms with Gasteiger partial charge in [0.05, 0.1) is 18.4 Å². The van der Waals surface area contributed by atoms with Crippen molar-refractivity contribution in [3.8, 4) is 5.69 Å². The summed E-state index contributed by atoms with van der Waals surface area (Å²) < 4.78 is 29.9. The predicted molar refractivity (Wildman–Crippen MR) is 122 cm³/mol. The quantitative estimate of drug-likeness (QED) is 0.558. The van der Waals surface area contributed by atoms with E-state index in [1.54, 1.807) is 6.07 Å². The first kappa shape index (κ1) is 21.5. The number of piperidine rings is 1. The second-order valence-corrected chi connectivity index (χ2v) is 9.74. The molecule has 2 fully saturated rings. The fourth-order valence-corrected chi connectivity index (χ4v) is 5.16. The van der Waals surface area contributed by atoms with Gasteiger partial charge in [-0.3, -0.25) is 9.36 Å². The summed E-state index contributed by atoms with van der Waals surface area (Å²) >= 11 is 6.28. The summed E-state index contributed by atoms with van der Waals surface area (Å²) in [5.41, 5.74) is -0.0308. The van der Waals surface area contributed by atoms with Crippen molar-refractivity contribution in [1.82, 2.24) is 24.6 Å². The summed E-state index contributed by atoms with van der Waals surface area (Å²) in [4.78, 5) is 20.7. The minimum Gasteiger partial charge on any atom is -0.357 e. The molecule has 2 aliphatic heterocycles. The molecule has 7 nitrogen and oxygen atoms in total. The van der Waals surface area contributed by atoms with Gasteiger partial charge in [-0.25, -0.2) is 13.8 Å². The number of alkyl halides is 1. The first-order valence-corrected chi connectivity index (χ1v) is 11.9. The third-order valence-electron chi connectivity index (χ3n) is 6.99. The van der Waals surface area contributed by atoms with Crippen molar-refractivity contribution in [2.75, 3.05) is 18.0 Å². The number of amides is 1. The van der Waals surface area contributed by atoms with E-state index in [2.05, 4.69) is 20.1 Å². The molecule has 6 rings (SSSR count). The third-order valence-corrected chi connectivity index (χ3v) is 7.22. The van der Waals surface area contributed by atoms with Gasteiger partial charge in [0.15, 0.2) is 11.5 Å². The molecule has 0 N–H and O–H groups in total. The molecule has 0 radical (unpaired) electrons. The molecule has 10 heteroatoms. The summed E-state index contributed by atoms with van der Waals surface area (Å²) in [6, 6.07) is 8.68. The van der Waals surface area contributed by atoms with Crippen LogP contribution in [-0.2, 0) is 17.9 Å². The maximum absolute atomic E-state index is 14.6. The molecule has 1 amide bonds. The predicted octanol–water partition coefficient (Wildman–Crippen LogP) is 4.18. The molecule has 3 aromatic rings. The Kier molecular flexibility index (Phi) is 5.05. The molecule has 0 unspecified atom stereocenters. The Bertz CT molecular complexity index is 1250. The molecule has 1 aromatic carbocycles. The molecule has 2 aromatic heterocycles. The molecule has 3 aliphatic rings. The summed E-state index contributed by atoms with van der Waals surface area (Å²) in [6.45, 7) is 1.99. The van der Waals surface area contributed by atoms with Gasteiger partial charge < -0.3 is 9.80 Å². The minimum absolute atomic E-state index is 0.152. The van der Waals surface area contributed by atoms with Crippen LogP contribution < -0.4 is 4.90 Å². The van der Waals surface area contributed by atoms with Crippen molar-refractivity contribution in [3.05, 3.63) is 64.6 Å². The summed E-state index contributed by atoms with van der Waals surface area (Å²) in [7, 11) is 0. The van der Waals surface area contributed by atoms with E-state index < -0.39 is 11.6 Å². The van der Waals surface area contributed by atoms with E-state index >= 15 is 0 Å². The van der Waals surface area contributed by atoms with Crippen molar-refractivity contribution in [1.29, 1.82) is 0 Å². The van der Waals surface area contributed by atoms with E-state index in [1.807, 2.05) is 22.8 Å². The molecule has 1 aliphatic carbocycles. The number of hydrogen-bond acceptors (Lipinski definition) is 5. The van der Waals surface area contributed by atoms with Crippen molar-refractivity contribution in [3.63, 3.8) is 0 Å². The first-order chi connectivity index (χ1) is 16.4. The summed E-state index contributed by atoms with van der Waals surface area (Å²) in [5.74, 6) is 1.53. The molecule has 176 valence electrons. The molecule has 1 saturated heterocycles. The lowest BCUT2D eigenvalue weighted by Gasteiger charge is -2.32. The number of aromatic nitrogens is 4. The molecule has 1 saturated carbocycles. The Morgan fingerprint density at radius 1 is 1.09 bits per heavy atom. The Morgan fingerprint density at radius 2 is 1.88 bits per heavy atom. The standard InChI is InChI=1S/C24H23ClF2N6O/c25-17-1-3-19-16(11-17)13-32(23(34)24(27)7-8-24)14-21-29-30-22(33(19)21)15-5-9-31(10-6-15)20-4-2-18(26)12-28-20/h1-4,11-12,15H,5-10,13-14H2. The number of pyridine rings is 1. The van der Waals surface area contributed by atoms with Crippen molar-refractivity contribution in [2.45, 2.75) is 50.4 Å². The third kappa shape index (κ3) is 3.72. The van der Waals surface area contributed by atoms with Crippen LogP contribution in [0.25, 0.3) is 5.69 Å². The maximum atomic E-state index is 14.6. The van der Waals surface area contributed by atoms with Crippen LogP contribution in [0.2, 0.25) is 5.02 Å². The SMILES string of the molecule is O=C(N1Cc2cc(Cl)ccc2-n2c(nnc2C2CCN(c3ccc(F)cn3)CC2)C1)C1(F)CC1. The number of rotatable bonds is 3. The van der Waals surface area contributed by atoms with Gasteiger partial charge in [0.1, 0.15) is 17.5 Å². The first-order valence-electron chi connectivity index (χ1n) is 11.5. The van der Waals surface area contributed by atoms with Gasteiger partial charge >= 0.3 is 0 Å². The van der Waals surface area contributed by atoms with Gasteiger partial charge in [-0.05, 0) is 61.6 Å². The number of fused-ring (bicyclic) bond motifs is 3. The second kappa shape index (κ2) is 8.01. The van der Waals surface area contributed by atoms with E-state index in [4.69, 9.17) is 11.6 Å². The molecule has 4 heterocycles. The highest BCUT2D eigenvalue weighted by Crippen LogP contribution is 2.43. The number of halogens is 3. The smallest absolute Gasteiger partial charge is 0.260 e. The average Bonchev–Trinajstić information content (AvgIpc) is 3.50. The lowest BCUT2D eigenvalue weighted by Crippen LogP contribution is -2.37. The van der Waals surface area contributed by atoms with Crippen molar-refractivity contribution >= 4 is 23.3 Å². The van der Waals surface area contributed by atoms with Crippen LogP contribution in [-0.4, -0.2) is 49.3 Å². The Balaban J connectivity index is 1.30. The summed E-state index contributed by atoms with van der Waals surface area (Å²) in [5, 5.41) is 9.52. The molecular weight excluding hydrogens is 462 g/mol. The van der Waals surface area contributed by atoms with Gasteiger partial charge in [0.25, 0.3) is 5.91 Å². The lowest BCUT2D eigenvalue weighted by atomic mass is 9.95. The maximum Gasteiger partial charge on any atom is 0.260 e. The summed E-state index contributed by atoms with van der Waals surface area (Å²) in [6.07, 6.45) is 3.43. The van der Waals surface area contributed by atoms with Gasteiger partial charge in [-0.2, -0.15) is 0 Å². The van der Waals surface area contributed by atoms with Crippen LogP contribution in [0, 0.1) is 5.82 Å². The van der Waals surface area contributed by atoms with Crippen LogP contribution in [0.1, 0.15) is 48.8 Å². The number of benzene rings is 1. The second-order valence-electron chi connectivity index (χ2n) is 9.31. The largest absolute Gasteiger partial charge is 0.357 e. The molecule has 0 spiro atoms. The van der Waals surface area contributed by atoms with Crippen LogP contribution in [0.4, 0.5) is 14.6 Å². The number of carbonyl (C=O) groups is 1.